The van der Waals surface area contributed by atoms with Gasteiger partial charge in [-0.1, -0.05) is 25.7 Å². The van der Waals surface area contributed by atoms with Crippen molar-refractivity contribution in [3.05, 3.63) is 11.1 Å². The number of thiazole rings is 1. The van der Waals surface area contributed by atoms with Crippen LogP contribution in [0.5, 0.6) is 0 Å². The van der Waals surface area contributed by atoms with E-state index in [9.17, 15) is 9.59 Å². The molecule has 2 rings (SSSR count). The maximum Gasteiger partial charge on any atom is 0.311 e. The van der Waals surface area contributed by atoms with Gasteiger partial charge < -0.3 is 10.1 Å². The minimum Gasteiger partial charge on any atom is -0.466 e. The van der Waals surface area contributed by atoms with Crippen molar-refractivity contribution in [3.8, 4) is 0 Å². The Kier molecular flexibility index (Phi) is 6.17. The molecule has 1 N–H and O–H groups in total. The Hall–Kier alpha value is -1.43. The van der Waals surface area contributed by atoms with Gasteiger partial charge in [0, 0.05) is 11.8 Å². The van der Waals surface area contributed by atoms with Crippen molar-refractivity contribution >= 4 is 28.3 Å². The Balaban J connectivity index is 1.73. The first-order chi connectivity index (χ1) is 10.2. The van der Waals surface area contributed by atoms with E-state index in [4.69, 9.17) is 4.74 Å². The van der Waals surface area contributed by atoms with Gasteiger partial charge in [0.2, 0.25) is 5.91 Å². The molecule has 0 unspecified atom stereocenters. The third-order valence-corrected chi connectivity index (χ3v) is 4.49. The second kappa shape index (κ2) is 8.12. The molecule has 0 aromatic carbocycles. The summed E-state index contributed by atoms with van der Waals surface area (Å²) in [5.74, 6) is 0.437. The lowest BCUT2D eigenvalue weighted by atomic mass is 10.0. The van der Waals surface area contributed by atoms with Gasteiger partial charge in [-0.15, -0.1) is 11.3 Å². The van der Waals surface area contributed by atoms with Crippen molar-refractivity contribution in [2.45, 2.75) is 51.9 Å². The van der Waals surface area contributed by atoms with Crippen LogP contribution < -0.4 is 5.32 Å². The molecule has 1 aromatic heterocycles. The number of anilines is 1. The molecule has 0 aliphatic heterocycles. The maximum absolute atomic E-state index is 11.9. The van der Waals surface area contributed by atoms with E-state index in [1.807, 2.05) is 0 Å². The van der Waals surface area contributed by atoms with E-state index in [-0.39, 0.29) is 18.3 Å². The summed E-state index contributed by atoms with van der Waals surface area (Å²) >= 11 is 1.35. The molecule has 0 atom stereocenters. The first-order valence-electron chi connectivity index (χ1n) is 7.57. The van der Waals surface area contributed by atoms with Crippen LogP contribution in [0.4, 0.5) is 5.13 Å². The molecule has 0 bridgehead atoms. The number of amides is 1. The Bertz CT molecular complexity index is 481. The lowest BCUT2D eigenvalue weighted by molar-refractivity contribution is -0.142. The van der Waals surface area contributed by atoms with E-state index >= 15 is 0 Å². The fraction of sp³-hybridized carbons (Fsp3) is 0.667. The number of ether oxygens (including phenoxy) is 1. The van der Waals surface area contributed by atoms with Crippen molar-refractivity contribution in [1.82, 2.24) is 4.98 Å². The molecule has 1 aromatic rings. The van der Waals surface area contributed by atoms with E-state index in [2.05, 4.69) is 10.3 Å². The van der Waals surface area contributed by atoms with E-state index in [1.165, 1.54) is 37.0 Å². The molecule has 0 spiro atoms. The molecule has 5 nitrogen and oxygen atoms in total. The Morgan fingerprint density at radius 2 is 2.19 bits per heavy atom. The number of aromatic nitrogens is 1. The van der Waals surface area contributed by atoms with E-state index in [0.717, 1.165) is 6.42 Å². The molecule has 1 fully saturated rings. The number of carbonyl (C=O) groups is 2. The minimum atomic E-state index is -0.290. The van der Waals surface area contributed by atoms with Gasteiger partial charge in [-0.3, -0.25) is 9.59 Å². The van der Waals surface area contributed by atoms with Gasteiger partial charge >= 0.3 is 5.97 Å². The smallest absolute Gasteiger partial charge is 0.311 e. The number of nitrogens with zero attached hydrogens (tertiary/aromatic N) is 1. The monoisotopic (exact) mass is 310 g/mol. The van der Waals surface area contributed by atoms with Crippen molar-refractivity contribution in [1.29, 1.82) is 0 Å². The molecule has 0 saturated heterocycles. The van der Waals surface area contributed by atoms with Crippen LogP contribution in [0.1, 0.15) is 51.1 Å². The van der Waals surface area contributed by atoms with E-state index in [1.54, 1.807) is 12.3 Å². The molecule has 1 aliphatic carbocycles. The largest absolute Gasteiger partial charge is 0.466 e. The van der Waals surface area contributed by atoms with Gasteiger partial charge in [0.1, 0.15) is 0 Å². The zero-order valence-corrected chi connectivity index (χ0v) is 13.2. The molecule has 1 saturated carbocycles. The highest BCUT2D eigenvalue weighted by atomic mass is 32.1. The van der Waals surface area contributed by atoms with Gasteiger partial charge in [0.15, 0.2) is 5.13 Å². The van der Waals surface area contributed by atoms with Crippen LogP contribution in [0.25, 0.3) is 0 Å². The summed E-state index contributed by atoms with van der Waals surface area (Å²) in [5, 5.41) is 5.15. The van der Waals surface area contributed by atoms with Crippen LogP contribution >= 0.6 is 11.3 Å². The third kappa shape index (κ3) is 5.46. The molecule has 1 heterocycles. The summed E-state index contributed by atoms with van der Waals surface area (Å²) in [6.45, 7) is 2.14. The van der Waals surface area contributed by atoms with Gasteiger partial charge in [-0.05, 0) is 19.3 Å². The summed E-state index contributed by atoms with van der Waals surface area (Å²) in [6, 6.07) is 0. The lowest BCUT2D eigenvalue weighted by Crippen LogP contribution is -2.13. The summed E-state index contributed by atoms with van der Waals surface area (Å²) in [7, 11) is 0. The molecule has 116 valence electrons. The number of hydrogen-bond donors (Lipinski definition) is 1. The van der Waals surface area contributed by atoms with Crippen LogP contribution in [0, 0.1) is 5.92 Å². The predicted molar refractivity (Wildman–Crippen MR) is 82.3 cm³/mol. The van der Waals surface area contributed by atoms with E-state index in [0.29, 0.717) is 29.8 Å². The zero-order valence-electron chi connectivity index (χ0n) is 12.4. The van der Waals surface area contributed by atoms with Crippen molar-refractivity contribution in [2.75, 3.05) is 11.9 Å². The molecule has 1 aliphatic rings. The fourth-order valence-corrected chi connectivity index (χ4v) is 3.35. The highest BCUT2D eigenvalue weighted by molar-refractivity contribution is 7.13. The highest BCUT2D eigenvalue weighted by Crippen LogP contribution is 2.28. The number of nitrogens with one attached hydrogen (secondary N) is 1. The van der Waals surface area contributed by atoms with Crippen molar-refractivity contribution in [3.63, 3.8) is 0 Å². The average Bonchev–Trinajstić information content (AvgIpc) is 3.08. The topological polar surface area (TPSA) is 68.3 Å². The van der Waals surface area contributed by atoms with Crippen LogP contribution in [0.3, 0.4) is 0 Å². The number of esters is 1. The summed E-state index contributed by atoms with van der Waals surface area (Å²) in [6.07, 6.45) is 6.79. The molecular weight excluding hydrogens is 288 g/mol. The maximum atomic E-state index is 11.9. The average molecular weight is 310 g/mol. The molecule has 21 heavy (non-hydrogen) atoms. The third-order valence-electron chi connectivity index (χ3n) is 3.68. The summed E-state index contributed by atoms with van der Waals surface area (Å²) < 4.78 is 4.87. The Labute approximate surface area is 129 Å². The molecule has 6 heteroatoms. The summed E-state index contributed by atoms with van der Waals surface area (Å²) in [4.78, 5) is 27.5. The number of hydrogen-bond acceptors (Lipinski definition) is 5. The highest BCUT2D eigenvalue weighted by Gasteiger charge is 2.16. The number of carbonyl (C=O) groups excluding carboxylic acids is 2. The first kappa shape index (κ1) is 15.9. The van der Waals surface area contributed by atoms with Crippen molar-refractivity contribution < 1.29 is 14.3 Å². The lowest BCUT2D eigenvalue weighted by Gasteiger charge is -2.07. The molecular formula is C15H22N2O3S. The fourth-order valence-electron chi connectivity index (χ4n) is 2.62. The summed E-state index contributed by atoms with van der Waals surface area (Å²) in [5.41, 5.74) is 0.643. The minimum absolute atomic E-state index is 0.0129. The second-order valence-corrected chi connectivity index (χ2v) is 6.22. The second-order valence-electron chi connectivity index (χ2n) is 5.36. The molecule has 1 amide bonds. The van der Waals surface area contributed by atoms with Gasteiger partial charge in [-0.25, -0.2) is 4.98 Å². The van der Waals surface area contributed by atoms with Crippen LogP contribution in [-0.2, 0) is 20.7 Å². The Morgan fingerprint density at radius 3 is 2.90 bits per heavy atom. The van der Waals surface area contributed by atoms with Crippen LogP contribution in [0.2, 0.25) is 0 Å². The van der Waals surface area contributed by atoms with Crippen LogP contribution in [-0.4, -0.2) is 23.5 Å². The van der Waals surface area contributed by atoms with E-state index < -0.39 is 0 Å². The van der Waals surface area contributed by atoms with Crippen molar-refractivity contribution in [2.24, 2.45) is 5.92 Å². The zero-order chi connectivity index (χ0) is 15.1. The Morgan fingerprint density at radius 1 is 1.43 bits per heavy atom. The van der Waals surface area contributed by atoms with Gasteiger partial charge in [-0.2, -0.15) is 0 Å². The SMILES string of the molecule is CCOC(=O)Cc1csc(NC(=O)CCC2CCCC2)n1. The van der Waals surface area contributed by atoms with Gasteiger partial charge in [0.05, 0.1) is 18.7 Å². The van der Waals surface area contributed by atoms with Gasteiger partial charge in [0.25, 0.3) is 0 Å². The normalized spacial score (nSPS) is 15.1. The van der Waals surface area contributed by atoms with Crippen LogP contribution in [0.15, 0.2) is 5.38 Å². The number of rotatable bonds is 7. The quantitative estimate of drug-likeness (QED) is 0.786. The predicted octanol–water partition coefficient (Wildman–Crippen LogP) is 3.16. The standard InChI is InChI=1S/C15H22N2O3S/c1-2-20-14(19)9-12-10-21-15(16-12)17-13(18)8-7-11-5-3-4-6-11/h10-11H,2-9H2,1H3,(H,16,17,18). The first-order valence-corrected chi connectivity index (χ1v) is 8.45. The molecule has 0 radical (unpaired) electrons.